The van der Waals surface area contributed by atoms with Crippen molar-refractivity contribution in [2.45, 2.75) is 12.6 Å². The lowest BCUT2D eigenvalue weighted by Crippen LogP contribution is -2.27. The summed E-state index contributed by atoms with van der Waals surface area (Å²) in [6.07, 6.45) is 0.152. The molecule has 0 aliphatic heterocycles. The average Bonchev–Trinajstić information content (AvgIpc) is 2.49. The molecular weight excluding hydrogens is 294 g/mol. The lowest BCUT2D eigenvalue weighted by atomic mass is 10.1. The third kappa shape index (κ3) is 4.49. The summed E-state index contributed by atoms with van der Waals surface area (Å²) in [6.45, 7) is -0.0918. The van der Waals surface area contributed by atoms with Crippen molar-refractivity contribution in [1.82, 2.24) is 10.3 Å². The van der Waals surface area contributed by atoms with E-state index in [0.29, 0.717) is 5.69 Å². The van der Waals surface area contributed by atoms with Crippen LogP contribution in [0.1, 0.15) is 17.3 Å². The first-order chi connectivity index (χ1) is 10.6. The van der Waals surface area contributed by atoms with Gasteiger partial charge in [0, 0.05) is 24.4 Å². The lowest BCUT2D eigenvalue weighted by molar-refractivity contribution is 0.0816. The maximum Gasteiger partial charge on any atom is 0.505 e. The Hall–Kier alpha value is -2.54. The van der Waals surface area contributed by atoms with E-state index in [1.807, 2.05) is 0 Å². The summed E-state index contributed by atoms with van der Waals surface area (Å²) in [7, 11) is 0. The highest BCUT2D eigenvalue weighted by molar-refractivity contribution is 5.56. The number of pyridine rings is 1. The van der Waals surface area contributed by atoms with E-state index in [9.17, 15) is 13.6 Å². The van der Waals surface area contributed by atoms with E-state index in [4.69, 9.17) is 5.11 Å². The van der Waals surface area contributed by atoms with Gasteiger partial charge in [0.1, 0.15) is 18.2 Å². The van der Waals surface area contributed by atoms with Gasteiger partial charge in [-0.15, -0.1) is 0 Å². The van der Waals surface area contributed by atoms with Gasteiger partial charge in [0.05, 0.1) is 11.7 Å². The molecule has 0 saturated heterocycles. The zero-order valence-corrected chi connectivity index (χ0v) is 11.5. The van der Waals surface area contributed by atoms with E-state index in [0.717, 1.165) is 12.1 Å². The molecule has 2 aromatic rings. The number of nitrogens with zero attached hydrogens (tertiary/aromatic N) is 1. The third-order valence-electron chi connectivity index (χ3n) is 2.97. The number of carboxylic acid groups (broad SMARTS) is 1. The van der Waals surface area contributed by atoms with Crippen LogP contribution in [0.3, 0.4) is 0 Å². The van der Waals surface area contributed by atoms with Crippen LogP contribution in [0.15, 0.2) is 42.6 Å². The Morgan fingerprint density at radius 1 is 1.32 bits per heavy atom. The number of halogens is 2. The second kappa shape index (κ2) is 7.46. The number of rotatable bonds is 6. The molecule has 7 heteroatoms. The summed E-state index contributed by atoms with van der Waals surface area (Å²) < 4.78 is 31.0. The van der Waals surface area contributed by atoms with Crippen molar-refractivity contribution in [3.8, 4) is 0 Å². The Labute approximate surface area is 125 Å². The van der Waals surface area contributed by atoms with Crippen LogP contribution in [-0.2, 0) is 11.3 Å². The number of nitrogens with one attached hydrogen (secondary N) is 1. The van der Waals surface area contributed by atoms with Crippen LogP contribution in [0.2, 0.25) is 0 Å². The molecule has 1 unspecified atom stereocenters. The van der Waals surface area contributed by atoms with Crippen LogP contribution >= 0.6 is 0 Å². The van der Waals surface area contributed by atoms with Crippen LogP contribution < -0.4 is 5.32 Å². The van der Waals surface area contributed by atoms with Gasteiger partial charge in [0.2, 0.25) is 0 Å². The minimum Gasteiger partial charge on any atom is -0.450 e. The predicted octanol–water partition coefficient (Wildman–Crippen LogP) is 2.89. The molecule has 0 aliphatic rings. The summed E-state index contributed by atoms with van der Waals surface area (Å²) in [5.41, 5.74) is 0.823. The van der Waals surface area contributed by atoms with Gasteiger partial charge in [-0.2, -0.15) is 0 Å². The Morgan fingerprint density at radius 3 is 2.77 bits per heavy atom. The summed E-state index contributed by atoms with van der Waals surface area (Å²) in [4.78, 5) is 14.6. The number of hydrogen-bond acceptors (Lipinski definition) is 4. The number of aromatic nitrogens is 1. The standard InChI is InChI=1S/C15H14F2N2O3/c16-11-5-4-10(12(17)7-11)8-19-14(9-22-15(20)21)13-3-1-2-6-18-13/h1-7,14,19H,8-9H2,(H,20,21). The number of hydrogen-bond donors (Lipinski definition) is 2. The van der Waals surface area contributed by atoms with Crippen molar-refractivity contribution < 1.29 is 23.4 Å². The summed E-state index contributed by atoms with van der Waals surface area (Å²) in [6, 6.07) is 7.90. The summed E-state index contributed by atoms with van der Waals surface area (Å²) in [5, 5.41) is 11.6. The molecule has 0 fully saturated rings. The zero-order chi connectivity index (χ0) is 15.9. The first kappa shape index (κ1) is 15.8. The van der Waals surface area contributed by atoms with Gasteiger partial charge in [-0.3, -0.25) is 4.98 Å². The molecular formula is C15H14F2N2O3. The molecule has 1 aromatic heterocycles. The Morgan fingerprint density at radius 2 is 2.14 bits per heavy atom. The van der Waals surface area contributed by atoms with E-state index in [1.165, 1.54) is 6.07 Å². The smallest absolute Gasteiger partial charge is 0.450 e. The zero-order valence-electron chi connectivity index (χ0n) is 11.5. The Balaban J connectivity index is 2.07. The highest BCUT2D eigenvalue weighted by atomic mass is 19.1. The molecule has 0 amide bonds. The fraction of sp³-hybridized carbons (Fsp3) is 0.200. The second-order valence-corrected chi connectivity index (χ2v) is 4.50. The van der Waals surface area contributed by atoms with E-state index >= 15 is 0 Å². The van der Waals surface area contributed by atoms with Crippen LogP contribution in [-0.4, -0.2) is 22.9 Å². The molecule has 2 N–H and O–H groups in total. The second-order valence-electron chi connectivity index (χ2n) is 4.50. The van der Waals surface area contributed by atoms with Gasteiger partial charge < -0.3 is 15.2 Å². The van der Waals surface area contributed by atoms with Gasteiger partial charge in [0.15, 0.2) is 0 Å². The molecule has 116 valence electrons. The molecule has 5 nitrogen and oxygen atoms in total. The molecule has 1 atom stereocenters. The topological polar surface area (TPSA) is 71.5 Å². The number of benzene rings is 1. The predicted molar refractivity (Wildman–Crippen MR) is 74.2 cm³/mol. The lowest BCUT2D eigenvalue weighted by Gasteiger charge is -2.17. The van der Waals surface area contributed by atoms with Gasteiger partial charge in [-0.05, 0) is 18.2 Å². The molecule has 1 aromatic carbocycles. The van der Waals surface area contributed by atoms with Crippen LogP contribution in [0.4, 0.5) is 13.6 Å². The van der Waals surface area contributed by atoms with Crippen LogP contribution in [0, 0.1) is 11.6 Å². The SMILES string of the molecule is O=C(O)OCC(NCc1ccc(F)cc1F)c1ccccn1. The van der Waals surface area contributed by atoms with E-state index in [-0.39, 0.29) is 18.7 Å². The summed E-state index contributed by atoms with van der Waals surface area (Å²) >= 11 is 0. The molecule has 0 radical (unpaired) electrons. The van der Waals surface area contributed by atoms with Crippen molar-refractivity contribution in [3.05, 3.63) is 65.5 Å². The minimum atomic E-state index is -1.41. The molecule has 0 spiro atoms. The average molecular weight is 308 g/mol. The monoisotopic (exact) mass is 308 g/mol. The first-order valence-electron chi connectivity index (χ1n) is 6.50. The van der Waals surface area contributed by atoms with Gasteiger partial charge in [0.25, 0.3) is 0 Å². The molecule has 0 saturated carbocycles. The largest absolute Gasteiger partial charge is 0.505 e. The van der Waals surface area contributed by atoms with Gasteiger partial charge in [-0.25, -0.2) is 13.6 Å². The molecule has 1 heterocycles. The highest BCUT2D eigenvalue weighted by Gasteiger charge is 2.15. The van der Waals surface area contributed by atoms with Crippen LogP contribution in [0.5, 0.6) is 0 Å². The van der Waals surface area contributed by atoms with Gasteiger partial charge in [-0.1, -0.05) is 12.1 Å². The van der Waals surface area contributed by atoms with Crippen molar-refractivity contribution in [1.29, 1.82) is 0 Å². The van der Waals surface area contributed by atoms with Crippen molar-refractivity contribution in [2.24, 2.45) is 0 Å². The van der Waals surface area contributed by atoms with Gasteiger partial charge >= 0.3 is 6.16 Å². The number of carbonyl (C=O) groups is 1. The van der Waals surface area contributed by atoms with Crippen molar-refractivity contribution in [3.63, 3.8) is 0 Å². The molecule has 22 heavy (non-hydrogen) atoms. The Kier molecular flexibility index (Phi) is 5.37. The van der Waals surface area contributed by atoms with E-state index in [1.54, 1.807) is 24.4 Å². The maximum atomic E-state index is 13.6. The highest BCUT2D eigenvalue weighted by Crippen LogP contribution is 2.14. The third-order valence-corrected chi connectivity index (χ3v) is 2.97. The Bertz CT molecular complexity index is 638. The normalized spacial score (nSPS) is 11.9. The fourth-order valence-corrected chi connectivity index (χ4v) is 1.88. The molecule has 2 rings (SSSR count). The summed E-state index contributed by atoms with van der Waals surface area (Å²) in [5.74, 6) is -1.33. The first-order valence-corrected chi connectivity index (χ1v) is 6.50. The maximum absolute atomic E-state index is 13.6. The quantitative estimate of drug-likeness (QED) is 0.803. The van der Waals surface area contributed by atoms with E-state index in [2.05, 4.69) is 15.0 Å². The van der Waals surface area contributed by atoms with Crippen molar-refractivity contribution in [2.75, 3.05) is 6.61 Å². The van der Waals surface area contributed by atoms with Crippen molar-refractivity contribution >= 4 is 6.16 Å². The fourth-order valence-electron chi connectivity index (χ4n) is 1.88. The molecule has 0 bridgehead atoms. The van der Waals surface area contributed by atoms with E-state index < -0.39 is 23.8 Å². The van der Waals surface area contributed by atoms with Crippen LogP contribution in [0.25, 0.3) is 0 Å². The number of ether oxygens (including phenoxy) is 1. The molecule has 0 aliphatic carbocycles. The minimum absolute atomic E-state index is 0.0797.